The summed E-state index contributed by atoms with van der Waals surface area (Å²) in [6.45, 7) is 2.46. The summed E-state index contributed by atoms with van der Waals surface area (Å²) in [5.74, 6) is 1.09. The third kappa shape index (κ3) is 1.01. The standard InChI is InChI=1S/C13H15N3/c1-3-9-12-10(15-13(9)14-6-1)5-8-16-7-2-4-11(12)16/h1,3,6,10H,2,4-5,7-8H2,(H,14,15). The molecule has 0 bridgehead atoms. The average molecular weight is 213 g/mol. The fourth-order valence-corrected chi connectivity index (χ4v) is 3.30. The Morgan fingerprint density at radius 1 is 1.38 bits per heavy atom. The molecule has 0 aromatic carbocycles. The van der Waals surface area contributed by atoms with Crippen molar-refractivity contribution in [2.75, 3.05) is 18.4 Å². The van der Waals surface area contributed by atoms with Crippen LogP contribution in [0, 0.1) is 0 Å². The summed E-state index contributed by atoms with van der Waals surface area (Å²) in [5.41, 5.74) is 4.46. The lowest BCUT2D eigenvalue weighted by Gasteiger charge is -2.30. The van der Waals surface area contributed by atoms with Crippen molar-refractivity contribution in [1.82, 2.24) is 9.88 Å². The van der Waals surface area contributed by atoms with Gasteiger partial charge >= 0.3 is 0 Å². The number of anilines is 1. The van der Waals surface area contributed by atoms with Gasteiger partial charge in [0.05, 0.1) is 6.04 Å². The number of aromatic nitrogens is 1. The number of rotatable bonds is 0. The Balaban J connectivity index is 1.93. The largest absolute Gasteiger partial charge is 0.374 e. The first-order chi connectivity index (χ1) is 7.93. The van der Waals surface area contributed by atoms with Crippen molar-refractivity contribution in [3.8, 4) is 0 Å². The third-order valence-corrected chi connectivity index (χ3v) is 3.98. The van der Waals surface area contributed by atoms with Crippen LogP contribution in [-0.2, 0) is 0 Å². The molecule has 1 atom stereocenters. The van der Waals surface area contributed by atoms with Crippen molar-refractivity contribution in [1.29, 1.82) is 0 Å². The molecule has 16 heavy (non-hydrogen) atoms. The molecule has 0 aliphatic carbocycles. The summed E-state index contributed by atoms with van der Waals surface area (Å²) in [6.07, 6.45) is 5.67. The normalized spacial score (nSPS) is 26.2. The molecule has 1 aromatic heterocycles. The second kappa shape index (κ2) is 3.00. The van der Waals surface area contributed by atoms with Crippen LogP contribution in [0.2, 0.25) is 0 Å². The van der Waals surface area contributed by atoms with E-state index in [1.54, 1.807) is 5.70 Å². The molecule has 1 saturated heterocycles. The second-order valence-electron chi connectivity index (χ2n) is 4.84. The fourth-order valence-electron chi connectivity index (χ4n) is 3.30. The molecule has 4 heterocycles. The van der Waals surface area contributed by atoms with Crippen molar-refractivity contribution >= 4 is 11.4 Å². The quantitative estimate of drug-likeness (QED) is 0.715. The predicted octanol–water partition coefficient (Wildman–Crippen LogP) is 2.09. The fraction of sp³-hybridized carbons (Fsp3) is 0.462. The molecule has 1 N–H and O–H groups in total. The summed E-state index contributed by atoms with van der Waals surface area (Å²) in [6, 6.07) is 4.78. The smallest absolute Gasteiger partial charge is 0.134 e. The van der Waals surface area contributed by atoms with E-state index >= 15 is 0 Å². The van der Waals surface area contributed by atoms with E-state index in [0.29, 0.717) is 6.04 Å². The zero-order chi connectivity index (χ0) is 10.5. The van der Waals surface area contributed by atoms with Gasteiger partial charge in [-0.15, -0.1) is 0 Å². The van der Waals surface area contributed by atoms with Crippen LogP contribution < -0.4 is 5.32 Å². The Bertz CT molecular complexity index is 478. The molecule has 0 saturated carbocycles. The van der Waals surface area contributed by atoms with Crippen molar-refractivity contribution in [3.05, 3.63) is 29.6 Å². The van der Waals surface area contributed by atoms with Crippen LogP contribution in [0.4, 0.5) is 5.82 Å². The molecule has 3 nitrogen and oxygen atoms in total. The molecule has 0 spiro atoms. The van der Waals surface area contributed by atoms with Crippen LogP contribution in [-0.4, -0.2) is 29.0 Å². The molecule has 1 aromatic rings. The van der Waals surface area contributed by atoms with Crippen LogP contribution >= 0.6 is 0 Å². The maximum absolute atomic E-state index is 4.43. The highest BCUT2D eigenvalue weighted by Gasteiger charge is 2.36. The Morgan fingerprint density at radius 3 is 3.38 bits per heavy atom. The lowest BCUT2D eigenvalue weighted by atomic mass is 9.95. The van der Waals surface area contributed by atoms with E-state index < -0.39 is 0 Å². The number of allylic oxidation sites excluding steroid dienone is 1. The van der Waals surface area contributed by atoms with Gasteiger partial charge in [-0.05, 0) is 31.4 Å². The van der Waals surface area contributed by atoms with Crippen molar-refractivity contribution in [2.24, 2.45) is 0 Å². The summed E-state index contributed by atoms with van der Waals surface area (Å²) in [5, 5.41) is 3.55. The van der Waals surface area contributed by atoms with Crippen LogP contribution in [0.15, 0.2) is 24.0 Å². The molecule has 3 heteroatoms. The number of hydrogen-bond donors (Lipinski definition) is 1. The lowest BCUT2D eigenvalue weighted by Crippen LogP contribution is -2.32. The topological polar surface area (TPSA) is 28.2 Å². The Labute approximate surface area is 95.2 Å². The summed E-state index contributed by atoms with van der Waals surface area (Å²) in [7, 11) is 0. The predicted molar refractivity (Wildman–Crippen MR) is 64.0 cm³/mol. The molecule has 1 fully saturated rings. The average Bonchev–Trinajstić information content (AvgIpc) is 2.91. The molecular formula is C13H15N3. The highest BCUT2D eigenvalue weighted by Crippen LogP contribution is 2.43. The lowest BCUT2D eigenvalue weighted by molar-refractivity contribution is 0.368. The van der Waals surface area contributed by atoms with E-state index in [0.717, 1.165) is 5.82 Å². The number of fused-ring (bicyclic) bond motifs is 4. The zero-order valence-electron chi connectivity index (χ0n) is 9.24. The van der Waals surface area contributed by atoms with Crippen LogP contribution in [0.5, 0.6) is 0 Å². The number of hydrogen-bond acceptors (Lipinski definition) is 3. The van der Waals surface area contributed by atoms with Gasteiger partial charge in [-0.25, -0.2) is 4.98 Å². The zero-order valence-corrected chi connectivity index (χ0v) is 9.24. The molecule has 82 valence electrons. The molecule has 0 radical (unpaired) electrons. The highest BCUT2D eigenvalue weighted by molar-refractivity contribution is 5.86. The summed E-state index contributed by atoms with van der Waals surface area (Å²) < 4.78 is 0. The van der Waals surface area contributed by atoms with Crippen molar-refractivity contribution in [2.45, 2.75) is 25.3 Å². The molecule has 3 aliphatic heterocycles. The Hall–Kier alpha value is -1.51. The number of nitrogens with one attached hydrogen (secondary N) is 1. The minimum Gasteiger partial charge on any atom is -0.374 e. The molecule has 0 amide bonds. The molecule has 1 unspecified atom stereocenters. The second-order valence-corrected chi connectivity index (χ2v) is 4.84. The van der Waals surface area contributed by atoms with E-state index in [1.807, 2.05) is 12.3 Å². The van der Waals surface area contributed by atoms with E-state index in [4.69, 9.17) is 0 Å². The van der Waals surface area contributed by atoms with Gasteiger partial charge in [-0.1, -0.05) is 0 Å². The van der Waals surface area contributed by atoms with E-state index in [1.165, 1.54) is 43.5 Å². The highest BCUT2D eigenvalue weighted by atomic mass is 15.2. The van der Waals surface area contributed by atoms with Crippen molar-refractivity contribution in [3.63, 3.8) is 0 Å². The van der Waals surface area contributed by atoms with Gasteiger partial charge < -0.3 is 10.2 Å². The Morgan fingerprint density at radius 2 is 2.38 bits per heavy atom. The molecule has 4 rings (SSSR count). The molecule has 3 aliphatic rings. The monoisotopic (exact) mass is 213 g/mol. The first-order valence-corrected chi connectivity index (χ1v) is 6.13. The van der Waals surface area contributed by atoms with E-state index in [-0.39, 0.29) is 0 Å². The Kier molecular flexibility index (Phi) is 1.62. The van der Waals surface area contributed by atoms with E-state index in [9.17, 15) is 0 Å². The third-order valence-electron chi connectivity index (χ3n) is 3.98. The maximum Gasteiger partial charge on any atom is 0.134 e. The summed E-state index contributed by atoms with van der Waals surface area (Å²) >= 11 is 0. The number of nitrogens with zero attached hydrogens (tertiary/aromatic N) is 2. The van der Waals surface area contributed by atoms with Crippen LogP contribution in [0.25, 0.3) is 5.57 Å². The molecular weight excluding hydrogens is 198 g/mol. The van der Waals surface area contributed by atoms with Gasteiger partial charge in [0.15, 0.2) is 0 Å². The summed E-state index contributed by atoms with van der Waals surface area (Å²) in [4.78, 5) is 7.00. The van der Waals surface area contributed by atoms with Gasteiger partial charge in [0, 0.05) is 36.1 Å². The maximum atomic E-state index is 4.43. The number of pyridine rings is 1. The van der Waals surface area contributed by atoms with Gasteiger partial charge in [-0.2, -0.15) is 0 Å². The van der Waals surface area contributed by atoms with Crippen molar-refractivity contribution < 1.29 is 0 Å². The van der Waals surface area contributed by atoms with Crippen LogP contribution in [0.1, 0.15) is 24.8 Å². The minimum atomic E-state index is 0.522. The SMILES string of the molecule is c1cnc2c(c1)C1=C3CCCN3CCC1N2. The van der Waals surface area contributed by atoms with Gasteiger partial charge in [-0.3, -0.25) is 0 Å². The van der Waals surface area contributed by atoms with Crippen LogP contribution in [0.3, 0.4) is 0 Å². The van der Waals surface area contributed by atoms with Gasteiger partial charge in [0.1, 0.15) is 5.82 Å². The first-order valence-electron chi connectivity index (χ1n) is 6.13. The minimum absolute atomic E-state index is 0.522. The van der Waals surface area contributed by atoms with E-state index in [2.05, 4.69) is 21.3 Å². The van der Waals surface area contributed by atoms with Gasteiger partial charge in [0.2, 0.25) is 0 Å². The van der Waals surface area contributed by atoms with Gasteiger partial charge in [0.25, 0.3) is 0 Å². The first kappa shape index (κ1) is 8.62.